The Morgan fingerprint density at radius 1 is 1.44 bits per heavy atom. The minimum absolute atomic E-state index is 0.171. The van der Waals surface area contributed by atoms with E-state index in [0.717, 1.165) is 6.08 Å². The van der Waals surface area contributed by atoms with Crippen molar-refractivity contribution in [3.05, 3.63) is 22.4 Å². The second kappa shape index (κ2) is 6.99. The quantitative estimate of drug-likeness (QED) is 0.577. The Morgan fingerprint density at radius 2 is 2.04 bits per heavy atom. The molecule has 1 fully saturated rings. The van der Waals surface area contributed by atoms with E-state index in [2.05, 4.69) is 5.32 Å². The summed E-state index contributed by atoms with van der Waals surface area (Å²) in [5.41, 5.74) is -2.68. The van der Waals surface area contributed by atoms with E-state index in [1.165, 1.54) is 7.05 Å². The first-order valence-electron chi connectivity index (χ1n) is 7.17. The molecule has 0 radical (unpaired) electrons. The molecule has 1 saturated carbocycles. The van der Waals surface area contributed by atoms with Gasteiger partial charge in [-0.3, -0.25) is 4.79 Å². The summed E-state index contributed by atoms with van der Waals surface area (Å²) < 4.78 is 81.6. The van der Waals surface area contributed by atoms with Crippen LogP contribution in [0.4, 0.5) is 17.6 Å². The van der Waals surface area contributed by atoms with Gasteiger partial charge in [-0.15, -0.1) is 0 Å². The van der Waals surface area contributed by atoms with E-state index in [0.29, 0.717) is 6.42 Å². The van der Waals surface area contributed by atoms with Crippen LogP contribution in [0.3, 0.4) is 0 Å². The Labute approximate surface area is 147 Å². The fourth-order valence-corrected chi connectivity index (χ4v) is 3.54. The van der Waals surface area contributed by atoms with E-state index in [4.69, 9.17) is 16.3 Å². The molecule has 0 bridgehead atoms. The van der Waals surface area contributed by atoms with Crippen molar-refractivity contribution in [3.8, 4) is 0 Å². The largest absolute Gasteiger partial charge is 0.490 e. The summed E-state index contributed by atoms with van der Waals surface area (Å²) in [5, 5.41) is 1.67. The molecular weight excluding hydrogens is 390 g/mol. The lowest BCUT2D eigenvalue weighted by atomic mass is 9.69. The Balaban J connectivity index is 2.39. The second-order valence-electron chi connectivity index (χ2n) is 5.74. The van der Waals surface area contributed by atoms with E-state index in [1.807, 2.05) is 0 Å². The topological polar surface area (TPSA) is 72.5 Å². The first kappa shape index (κ1) is 19.8. The molecule has 0 aliphatic heterocycles. The minimum atomic E-state index is -4.54. The van der Waals surface area contributed by atoms with Crippen LogP contribution in [0.25, 0.3) is 0 Å². The van der Waals surface area contributed by atoms with Crippen LogP contribution in [0.2, 0.25) is 0 Å². The molecule has 2 aliphatic rings. The lowest BCUT2D eigenvalue weighted by Crippen LogP contribution is -2.48. The maximum atomic E-state index is 14.4. The van der Waals surface area contributed by atoms with Crippen LogP contribution in [0.15, 0.2) is 22.4 Å². The molecule has 0 aromatic rings. The van der Waals surface area contributed by atoms with E-state index in [1.54, 1.807) is 0 Å². The van der Waals surface area contributed by atoms with Crippen molar-refractivity contribution >= 4 is 32.7 Å². The summed E-state index contributed by atoms with van der Waals surface area (Å²) >= 11 is 5.84. The average Bonchev–Trinajstić information content (AvgIpc) is 2.46. The molecule has 0 heterocycles. The smallest absolute Gasteiger partial charge is 0.397 e. The van der Waals surface area contributed by atoms with E-state index >= 15 is 0 Å². The number of nitrogens with one attached hydrogen (secondary N) is 1. The number of amides is 1. The lowest BCUT2D eigenvalue weighted by molar-refractivity contribution is -0.263. The molecular formula is C14H14ClF4NO4S. The molecule has 1 N–H and O–H groups in total. The van der Waals surface area contributed by atoms with Gasteiger partial charge in [0.25, 0.3) is 0 Å². The summed E-state index contributed by atoms with van der Waals surface area (Å²) in [6.45, 7) is -0.876. The maximum Gasteiger partial charge on any atom is 0.397 e. The van der Waals surface area contributed by atoms with Crippen molar-refractivity contribution < 1.29 is 35.5 Å². The van der Waals surface area contributed by atoms with Gasteiger partial charge in [-0.1, -0.05) is 18.0 Å². The van der Waals surface area contributed by atoms with Gasteiger partial charge in [0.2, 0.25) is 16.2 Å². The van der Waals surface area contributed by atoms with Gasteiger partial charge in [0.1, 0.15) is 6.61 Å². The van der Waals surface area contributed by atoms with Gasteiger partial charge in [0.05, 0.1) is 16.0 Å². The second-order valence-corrected chi connectivity index (χ2v) is 7.05. The molecule has 0 aromatic carbocycles. The third-order valence-electron chi connectivity index (χ3n) is 4.30. The van der Waals surface area contributed by atoms with Crippen molar-refractivity contribution in [2.45, 2.75) is 31.6 Å². The summed E-state index contributed by atoms with van der Waals surface area (Å²) in [4.78, 5) is 10.6. The van der Waals surface area contributed by atoms with Crippen LogP contribution in [0, 0.1) is 5.41 Å². The number of hydrogen-bond acceptors (Lipinski definition) is 4. The van der Waals surface area contributed by atoms with Gasteiger partial charge in [0.15, 0.2) is 16.8 Å². The van der Waals surface area contributed by atoms with Gasteiger partial charge in [-0.2, -0.15) is 21.6 Å². The van der Waals surface area contributed by atoms with E-state index in [-0.39, 0.29) is 12.8 Å². The summed E-state index contributed by atoms with van der Waals surface area (Å²) in [7, 11) is -1.98. The molecule has 0 spiro atoms. The van der Waals surface area contributed by atoms with Gasteiger partial charge >= 0.3 is 6.18 Å². The SMILES string of the molecule is CNC(=O)C1=CC(Cl)=C(OCC2(C(F)(F)F)CCC2)C(=S(=O)=O)C1F. The standard InChI is InChI=1S/C14H14ClF4NO4S/c1-20-12(21)7-5-8(15)10(11(9(7)16)25(22)23)24-6-13(3-2-4-13)14(17,18)19/h5,9H,2-4,6H2,1H3,(H,20,21). The zero-order valence-corrected chi connectivity index (χ0v) is 14.5. The molecule has 1 unspecified atom stereocenters. The van der Waals surface area contributed by atoms with Crippen molar-refractivity contribution in [2.75, 3.05) is 13.7 Å². The summed E-state index contributed by atoms with van der Waals surface area (Å²) in [6.07, 6.45) is -6.07. The zero-order valence-electron chi connectivity index (χ0n) is 12.9. The van der Waals surface area contributed by atoms with Crippen LogP contribution in [-0.2, 0) is 19.8 Å². The van der Waals surface area contributed by atoms with Crippen LogP contribution in [0.5, 0.6) is 0 Å². The molecule has 0 saturated heterocycles. The van der Waals surface area contributed by atoms with E-state index < -0.39 is 61.8 Å². The van der Waals surface area contributed by atoms with Crippen molar-refractivity contribution in [1.29, 1.82) is 0 Å². The molecule has 0 aromatic heterocycles. The normalized spacial score (nSPS) is 22.9. The monoisotopic (exact) mass is 403 g/mol. The molecule has 5 nitrogen and oxygen atoms in total. The van der Waals surface area contributed by atoms with Crippen molar-refractivity contribution in [3.63, 3.8) is 0 Å². The number of allylic oxidation sites excluding steroid dienone is 3. The maximum absolute atomic E-state index is 14.4. The number of carbonyl (C=O) groups is 1. The number of hydrogen-bond donors (Lipinski definition) is 1. The molecule has 1 atom stereocenters. The van der Waals surface area contributed by atoms with Gasteiger partial charge in [-0.25, -0.2) is 4.39 Å². The Hall–Kier alpha value is -1.55. The number of carbonyl (C=O) groups excluding carboxylic acids is 1. The fourth-order valence-electron chi connectivity index (χ4n) is 2.60. The number of alkyl halides is 4. The number of halogens is 5. The third kappa shape index (κ3) is 3.55. The Kier molecular flexibility index (Phi) is 5.53. The highest BCUT2D eigenvalue weighted by Gasteiger charge is 2.59. The van der Waals surface area contributed by atoms with Crippen LogP contribution >= 0.6 is 11.6 Å². The van der Waals surface area contributed by atoms with Gasteiger partial charge in [-0.05, 0) is 18.9 Å². The summed E-state index contributed by atoms with van der Waals surface area (Å²) in [5.74, 6) is -1.61. The van der Waals surface area contributed by atoms with Crippen molar-refractivity contribution in [2.24, 2.45) is 5.41 Å². The zero-order chi connectivity index (χ0) is 19.0. The highest BCUT2D eigenvalue weighted by Crippen LogP contribution is 2.53. The molecule has 1 amide bonds. The van der Waals surface area contributed by atoms with Crippen molar-refractivity contribution in [1.82, 2.24) is 5.32 Å². The summed E-state index contributed by atoms with van der Waals surface area (Å²) in [6, 6.07) is 0. The van der Waals surface area contributed by atoms with Crippen LogP contribution in [-0.4, -0.2) is 45.2 Å². The highest BCUT2D eigenvalue weighted by atomic mass is 35.5. The van der Waals surface area contributed by atoms with Crippen LogP contribution < -0.4 is 5.32 Å². The first-order chi connectivity index (χ1) is 11.5. The van der Waals surface area contributed by atoms with Gasteiger partial charge in [0, 0.05) is 7.05 Å². The predicted octanol–water partition coefficient (Wildman–Crippen LogP) is 2.26. The van der Waals surface area contributed by atoms with E-state index in [9.17, 15) is 30.8 Å². The number of likely N-dealkylation sites (N-methyl/N-ethyl adjacent to an activating group) is 1. The molecule has 11 heteroatoms. The molecule has 25 heavy (non-hydrogen) atoms. The first-order valence-corrected chi connectivity index (χ1v) is 8.63. The average molecular weight is 404 g/mol. The van der Waals surface area contributed by atoms with Crippen LogP contribution in [0.1, 0.15) is 19.3 Å². The predicted molar refractivity (Wildman–Crippen MR) is 82.1 cm³/mol. The number of rotatable bonds is 4. The Morgan fingerprint density at radius 3 is 2.44 bits per heavy atom. The Bertz CT molecular complexity index is 773. The molecule has 2 rings (SSSR count). The molecule has 140 valence electrons. The van der Waals surface area contributed by atoms with Gasteiger partial charge < -0.3 is 10.1 Å². The minimum Gasteiger partial charge on any atom is -0.490 e. The lowest BCUT2D eigenvalue weighted by Gasteiger charge is -2.42. The fraction of sp³-hybridized carbons (Fsp3) is 0.571. The highest BCUT2D eigenvalue weighted by molar-refractivity contribution is 7.73. The third-order valence-corrected chi connectivity index (χ3v) is 5.33. The molecule has 2 aliphatic carbocycles. The number of ether oxygens (including phenoxy) is 1.